The smallest absolute Gasteiger partial charge is 0.225 e. The van der Waals surface area contributed by atoms with Crippen LogP contribution in [0.3, 0.4) is 0 Å². The van der Waals surface area contributed by atoms with Crippen LogP contribution in [0.25, 0.3) is 0 Å². The summed E-state index contributed by atoms with van der Waals surface area (Å²) >= 11 is 0. The number of aliphatic hydroxyl groups excluding tert-OH is 1. The van der Waals surface area contributed by atoms with Crippen LogP contribution in [0.5, 0.6) is 0 Å². The number of carbonyl (C=O) groups excluding carboxylic acids is 2. The lowest BCUT2D eigenvalue weighted by molar-refractivity contribution is -0.127. The minimum atomic E-state index is -0.275. The van der Waals surface area contributed by atoms with Crippen LogP contribution in [0.2, 0.25) is 0 Å². The lowest BCUT2D eigenvalue weighted by atomic mass is 10.1. The van der Waals surface area contributed by atoms with Gasteiger partial charge in [0.05, 0.1) is 18.6 Å². The lowest BCUT2D eigenvalue weighted by Crippen LogP contribution is -2.41. The van der Waals surface area contributed by atoms with Crippen LogP contribution in [0.15, 0.2) is 0 Å². The van der Waals surface area contributed by atoms with Gasteiger partial charge in [-0.2, -0.15) is 0 Å². The average Bonchev–Trinajstić information content (AvgIpc) is 2.61. The third-order valence-electron chi connectivity index (χ3n) is 2.41. The second kappa shape index (κ2) is 4.95. The number of carbonyl (C=O) groups is 2. The third-order valence-corrected chi connectivity index (χ3v) is 2.41. The molecule has 0 radical (unpaired) electrons. The van der Waals surface area contributed by atoms with E-state index in [-0.39, 0.29) is 36.8 Å². The summed E-state index contributed by atoms with van der Waals surface area (Å²) in [6, 6.07) is -0.196. The molecule has 1 aliphatic rings. The van der Waals surface area contributed by atoms with Gasteiger partial charge in [0.1, 0.15) is 0 Å². The summed E-state index contributed by atoms with van der Waals surface area (Å²) in [5.74, 6) is -0.505. The number of hydrogen-bond acceptors (Lipinski definition) is 3. The summed E-state index contributed by atoms with van der Waals surface area (Å²) in [6.07, 6.45) is 0.948. The van der Waals surface area contributed by atoms with E-state index in [1.165, 1.54) is 0 Å². The molecular weight excluding hydrogens is 184 g/mol. The molecule has 2 amide bonds. The van der Waals surface area contributed by atoms with Crippen LogP contribution < -0.4 is 10.6 Å². The van der Waals surface area contributed by atoms with Gasteiger partial charge in [0, 0.05) is 13.0 Å². The molecule has 1 fully saturated rings. The fraction of sp³-hybridized carbons (Fsp3) is 0.778. The van der Waals surface area contributed by atoms with E-state index in [1.807, 2.05) is 6.92 Å². The standard InChI is InChI=1S/C9H16N2O3/c1-2-7(5-12)11-9(14)6-3-8(13)10-4-6/h6-7,12H,2-5H2,1H3,(H,10,13)(H,11,14)/t6?,7-/m1/s1. The highest BCUT2D eigenvalue weighted by Gasteiger charge is 2.28. The van der Waals surface area contributed by atoms with E-state index >= 15 is 0 Å². The fourth-order valence-corrected chi connectivity index (χ4v) is 1.39. The van der Waals surface area contributed by atoms with E-state index in [0.717, 1.165) is 0 Å². The Morgan fingerprint density at radius 2 is 2.50 bits per heavy atom. The summed E-state index contributed by atoms with van der Waals surface area (Å²) in [5.41, 5.74) is 0. The summed E-state index contributed by atoms with van der Waals surface area (Å²) < 4.78 is 0. The number of hydrogen-bond donors (Lipinski definition) is 3. The van der Waals surface area contributed by atoms with Crippen molar-refractivity contribution < 1.29 is 14.7 Å². The summed E-state index contributed by atoms with van der Waals surface area (Å²) in [7, 11) is 0. The molecule has 0 aliphatic carbocycles. The Labute approximate surface area is 82.9 Å². The van der Waals surface area contributed by atoms with Crippen molar-refractivity contribution in [2.45, 2.75) is 25.8 Å². The zero-order valence-electron chi connectivity index (χ0n) is 8.25. The largest absolute Gasteiger partial charge is 0.394 e. The first kappa shape index (κ1) is 11.0. The predicted octanol–water partition coefficient (Wildman–Crippen LogP) is -0.990. The van der Waals surface area contributed by atoms with Gasteiger partial charge >= 0.3 is 0 Å². The molecule has 0 bridgehead atoms. The van der Waals surface area contributed by atoms with Crippen molar-refractivity contribution in [1.29, 1.82) is 0 Å². The highest BCUT2D eigenvalue weighted by molar-refractivity contribution is 5.89. The molecule has 1 unspecified atom stereocenters. The minimum absolute atomic E-state index is 0.0592. The van der Waals surface area contributed by atoms with Crippen LogP contribution in [0.1, 0.15) is 19.8 Å². The molecule has 2 atom stereocenters. The Hall–Kier alpha value is -1.10. The van der Waals surface area contributed by atoms with Crippen LogP contribution in [-0.2, 0) is 9.59 Å². The molecule has 0 spiro atoms. The maximum absolute atomic E-state index is 11.5. The van der Waals surface area contributed by atoms with Crippen LogP contribution in [-0.4, -0.2) is 36.1 Å². The van der Waals surface area contributed by atoms with Crippen LogP contribution in [0, 0.1) is 5.92 Å². The Morgan fingerprint density at radius 3 is 2.93 bits per heavy atom. The maximum Gasteiger partial charge on any atom is 0.225 e. The topological polar surface area (TPSA) is 78.4 Å². The van der Waals surface area contributed by atoms with Crippen molar-refractivity contribution in [2.24, 2.45) is 5.92 Å². The normalized spacial score (nSPS) is 23.0. The van der Waals surface area contributed by atoms with Crippen molar-refractivity contribution in [2.75, 3.05) is 13.2 Å². The molecule has 14 heavy (non-hydrogen) atoms. The van der Waals surface area contributed by atoms with Gasteiger partial charge in [0.2, 0.25) is 11.8 Å². The molecule has 0 aromatic rings. The van der Waals surface area contributed by atoms with E-state index < -0.39 is 0 Å². The van der Waals surface area contributed by atoms with Crippen molar-refractivity contribution in [3.63, 3.8) is 0 Å². The molecular formula is C9H16N2O3. The van der Waals surface area contributed by atoms with Crippen molar-refractivity contribution in [3.8, 4) is 0 Å². The van der Waals surface area contributed by atoms with Crippen LogP contribution in [0.4, 0.5) is 0 Å². The van der Waals surface area contributed by atoms with E-state index in [9.17, 15) is 9.59 Å². The summed E-state index contributed by atoms with van der Waals surface area (Å²) in [6.45, 7) is 2.24. The third kappa shape index (κ3) is 2.70. The summed E-state index contributed by atoms with van der Waals surface area (Å²) in [4.78, 5) is 22.3. The molecule has 1 aliphatic heterocycles. The van der Waals surface area contributed by atoms with E-state index in [2.05, 4.69) is 10.6 Å². The first-order chi connectivity index (χ1) is 6.67. The predicted molar refractivity (Wildman–Crippen MR) is 50.4 cm³/mol. The van der Waals surface area contributed by atoms with Gasteiger partial charge in [-0.05, 0) is 6.42 Å². The highest BCUT2D eigenvalue weighted by atomic mass is 16.3. The lowest BCUT2D eigenvalue weighted by Gasteiger charge is -2.16. The van der Waals surface area contributed by atoms with E-state index in [4.69, 9.17) is 5.11 Å². The number of aliphatic hydroxyl groups is 1. The van der Waals surface area contributed by atoms with Gasteiger partial charge in [-0.15, -0.1) is 0 Å². The van der Waals surface area contributed by atoms with Gasteiger partial charge < -0.3 is 15.7 Å². The van der Waals surface area contributed by atoms with Crippen molar-refractivity contribution in [1.82, 2.24) is 10.6 Å². The Balaban J connectivity index is 2.38. The zero-order valence-corrected chi connectivity index (χ0v) is 8.25. The highest BCUT2D eigenvalue weighted by Crippen LogP contribution is 2.09. The van der Waals surface area contributed by atoms with E-state index in [1.54, 1.807) is 0 Å². The van der Waals surface area contributed by atoms with Gasteiger partial charge in [-0.25, -0.2) is 0 Å². The number of amides is 2. The minimum Gasteiger partial charge on any atom is -0.394 e. The molecule has 5 nitrogen and oxygen atoms in total. The molecule has 1 rings (SSSR count). The molecule has 1 saturated heterocycles. The van der Waals surface area contributed by atoms with Crippen molar-refractivity contribution in [3.05, 3.63) is 0 Å². The van der Waals surface area contributed by atoms with Crippen LogP contribution >= 0.6 is 0 Å². The Morgan fingerprint density at radius 1 is 1.79 bits per heavy atom. The Kier molecular flexibility index (Phi) is 3.88. The van der Waals surface area contributed by atoms with Crippen molar-refractivity contribution >= 4 is 11.8 Å². The van der Waals surface area contributed by atoms with Gasteiger partial charge in [-0.1, -0.05) is 6.92 Å². The first-order valence-electron chi connectivity index (χ1n) is 4.85. The quantitative estimate of drug-likeness (QED) is 0.545. The summed E-state index contributed by atoms with van der Waals surface area (Å²) in [5, 5.41) is 14.2. The zero-order chi connectivity index (χ0) is 10.6. The molecule has 0 aromatic heterocycles. The molecule has 3 N–H and O–H groups in total. The molecule has 0 saturated carbocycles. The molecule has 80 valence electrons. The Bertz CT molecular complexity index is 226. The second-order valence-corrected chi connectivity index (χ2v) is 3.50. The average molecular weight is 200 g/mol. The van der Waals surface area contributed by atoms with Gasteiger partial charge in [0.15, 0.2) is 0 Å². The molecule has 0 aromatic carbocycles. The molecule has 1 heterocycles. The van der Waals surface area contributed by atoms with E-state index in [0.29, 0.717) is 13.0 Å². The number of rotatable bonds is 4. The second-order valence-electron chi connectivity index (χ2n) is 3.50. The first-order valence-corrected chi connectivity index (χ1v) is 4.85. The molecule has 5 heteroatoms. The fourth-order valence-electron chi connectivity index (χ4n) is 1.39. The number of nitrogens with one attached hydrogen (secondary N) is 2. The maximum atomic E-state index is 11.5. The monoisotopic (exact) mass is 200 g/mol. The van der Waals surface area contributed by atoms with Gasteiger partial charge in [-0.3, -0.25) is 9.59 Å². The van der Waals surface area contributed by atoms with Gasteiger partial charge in [0.25, 0.3) is 0 Å². The SMILES string of the molecule is CC[C@H](CO)NC(=O)C1CNC(=O)C1.